The summed E-state index contributed by atoms with van der Waals surface area (Å²) in [7, 11) is -0.433. The smallest absolute Gasteiger partial charge is 0.900 e. The molecule has 0 aliphatic rings. The van der Waals surface area contributed by atoms with E-state index in [0.29, 0.717) is 0 Å². The molecule has 0 heterocycles. The van der Waals surface area contributed by atoms with E-state index in [1.807, 2.05) is 0 Å². The predicted octanol–water partition coefficient (Wildman–Crippen LogP) is 1.28. The minimum absolute atomic E-state index is 0. The topological polar surface area (TPSA) is 76.1 Å². The standard InChI is InChI=1S/C12H27P.BO2.Mg.H2O/c1-4-7-10-13(11-8-5-2)12-9-6-3;2-1-3;;/h4-12H2,1-3H3;;;1H2/q;-2;+2;. The van der Waals surface area contributed by atoms with Gasteiger partial charge >= 0.3 is 23.1 Å². The molecule has 1 radical (unpaired) electrons. The van der Waals surface area contributed by atoms with Crippen LogP contribution < -0.4 is 10.0 Å². The zero-order valence-corrected chi connectivity index (χ0v) is 14.8. The first-order valence-electron chi connectivity index (χ1n) is 6.65. The van der Waals surface area contributed by atoms with Crippen molar-refractivity contribution in [2.24, 2.45) is 0 Å². The fourth-order valence-corrected chi connectivity index (χ4v) is 4.97. The maximum atomic E-state index is 8.25. The molecule has 0 bridgehead atoms. The van der Waals surface area contributed by atoms with E-state index in [-0.39, 0.29) is 36.5 Å². The molecule has 0 unspecified atom stereocenters. The van der Waals surface area contributed by atoms with Crippen LogP contribution in [-0.2, 0) is 0 Å². The maximum absolute atomic E-state index is 8.25. The Labute approximate surface area is 132 Å². The number of hydrogen-bond donors (Lipinski definition) is 0. The van der Waals surface area contributed by atoms with Gasteiger partial charge in [-0.2, -0.15) is 0 Å². The van der Waals surface area contributed by atoms with E-state index in [2.05, 4.69) is 20.8 Å². The Morgan fingerprint density at radius 3 is 1.17 bits per heavy atom. The summed E-state index contributed by atoms with van der Waals surface area (Å²) in [6.07, 6.45) is 13.4. The third-order valence-corrected chi connectivity index (χ3v) is 5.83. The summed E-state index contributed by atoms with van der Waals surface area (Å²) in [5, 5.41) is 16.5. The second-order valence-electron chi connectivity index (χ2n) is 4.16. The van der Waals surface area contributed by atoms with Crippen molar-refractivity contribution in [3.8, 4) is 0 Å². The van der Waals surface area contributed by atoms with Crippen LogP contribution in [0.5, 0.6) is 0 Å². The van der Waals surface area contributed by atoms with Crippen LogP contribution in [0.15, 0.2) is 0 Å². The maximum Gasteiger partial charge on any atom is 2.00 e. The van der Waals surface area contributed by atoms with E-state index in [1.54, 1.807) is 18.5 Å². The monoisotopic (exact) mass is 287 g/mol. The molecule has 18 heavy (non-hydrogen) atoms. The van der Waals surface area contributed by atoms with Crippen molar-refractivity contribution in [3.05, 3.63) is 0 Å². The minimum atomic E-state index is -0.500. The van der Waals surface area contributed by atoms with E-state index in [1.165, 1.54) is 38.5 Å². The van der Waals surface area contributed by atoms with Crippen molar-refractivity contribution in [2.75, 3.05) is 18.5 Å². The van der Waals surface area contributed by atoms with Gasteiger partial charge in [0.25, 0.3) is 0 Å². The molecule has 0 aromatic rings. The molecular weight excluding hydrogens is 258 g/mol. The summed E-state index contributed by atoms with van der Waals surface area (Å²) in [5.41, 5.74) is 0. The molecule has 0 saturated carbocycles. The summed E-state index contributed by atoms with van der Waals surface area (Å²) >= 11 is 0. The molecule has 0 fully saturated rings. The van der Waals surface area contributed by atoms with Crippen LogP contribution >= 0.6 is 7.92 Å². The van der Waals surface area contributed by atoms with Gasteiger partial charge in [0.05, 0.1) is 18.5 Å². The summed E-state index contributed by atoms with van der Waals surface area (Å²) in [6.45, 7) is 6.96. The molecule has 0 spiro atoms. The van der Waals surface area contributed by atoms with Gasteiger partial charge < -0.3 is 15.5 Å². The molecule has 0 aromatic heterocycles. The molecule has 0 aliphatic heterocycles. The molecule has 3 nitrogen and oxygen atoms in total. The normalized spacial score (nSPS) is 8.78. The molecule has 105 valence electrons. The van der Waals surface area contributed by atoms with Crippen LogP contribution in [0.2, 0.25) is 0 Å². The van der Waals surface area contributed by atoms with Gasteiger partial charge in [-0.3, -0.25) is 0 Å². The van der Waals surface area contributed by atoms with E-state index in [4.69, 9.17) is 10.0 Å². The van der Waals surface area contributed by atoms with Gasteiger partial charge in [-0.25, -0.2) is 7.69 Å². The first-order chi connectivity index (χ1) is 7.76. The largest absolute Gasteiger partial charge is 2.00 e. The quantitative estimate of drug-likeness (QED) is 0.473. The molecule has 0 atom stereocenters. The Morgan fingerprint density at radius 1 is 0.778 bits per heavy atom. The van der Waals surface area contributed by atoms with Crippen LogP contribution in [0.25, 0.3) is 0 Å². The van der Waals surface area contributed by atoms with Crippen LogP contribution in [-0.4, -0.2) is 54.7 Å². The SMILES string of the molecule is CCCC[PH+](CCCC)CCCC.[Mg+2].[O-][B][O-].[OH-]. The molecule has 6 heteroatoms. The van der Waals surface area contributed by atoms with Crippen molar-refractivity contribution in [3.63, 3.8) is 0 Å². The van der Waals surface area contributed by atoms with Crippen LogP contribution in [0.4, 0.5) is 0 Å². The van der Waals surface area contributed by atoms with Crippen LogP contribution in [0.1, 0.15) is 59.3 Å². The molecule has 0 amide bonds. The van der Waals surface area contributed by atoms with Crippen molar-refractivity contribution in [1.82, 2.24) is 0 Å². The Kier molecular flexibility index (Phi) is 40.7. The van der Waals surface area contributed by atoms with Gasteiger partial charge in [-0.05, 0) is 19.3 Å². The molecule has 0 rings (SSSR count). The first kappa shape index (κ1) is 27.5. The van der Waals surface area contributed by atoms with Crippen LogP contribution in [0.3, 0.4) is 0 Å². The predicted molar refractivity (Wildman–Crippen MR) is 81.1 cm³/mol. The Balaban J connectivity index is -0.000000177. The average Bonchev–Trinajstić information content (AvgIpc) is 2.29. The molecule has 0 saturated heterocycles. The molecular formula is C12H29BMgO3P. The minimum Gasteiger partial charge on any atom is -0.900 e. The number of hydrogen-bond acceptors (Lipinski definition) is 3. The summed E-state index contributed by atoms with van der Waals surface area (Å²) < 4.78 is 0. The van der Waals surface area contributed by atoms with Crippen molar-refractivity contribution in [2.45, 2.75) is 59.3 Å². The van der Waals surface area contributed by atoms with E-state index >= 15 is 0 Å². The van der Waals surface area contributed by atoms with Gasteiger partial charge in [0, 0.05) is 7.92 Å². The average molecular weight is 287 g/mol. The van der Waals surface area contributed by atoms with Gasteiger partial charge in [-0.15, -0.1) is 0 Å². The van der Waals surface area contributed by atoms with Gasteiger partial charge in [-0.1, -0.05) is 40.0 Å². The second-order valence-corrected chi connectivity index (χ2v) is 7.16. The summed E-state index contributed by atoms with van der Waals surface area (Å²) in [5.74, 6) is 0. The Hall–Kier alpha value is 1.14. The summed E-state index contributed by atoms with van der Waals surface area (Å²) in [4.78, 5) is 0. The Morgan fingerprint density at radius 2 is 1.00 bits per heavy atom. The van der Waals surface area contributed by atoms with Crippen molar-refractivity contribution < 1.29 is 15.5 Å². The van der Waals surface area contributed by atoms with Gasteiger partial charge in [0.2, 0.25) is 0 Å². The molecule has 1 N–H and O–H groups in total. The molecule has 0 aliphatic carbocycles. The van der Waals surface area contributed by atoms with Gasteiger partial charge in [0.1, 0.15) is 0 Å². The fourth-order valence-electron chi connectivity index (χ4n) is 1.66. The third-order valence-electron chi connectivity index (χ3n) is 2.65. The molecule has 0 aromatic carbocycles. The number of rotatable bonds is 9. The number of unbranched alkanes of at least 4 members (excludes halogenated alkanes) is 3. The Bertz CT molecular complexity index is 104. The van der Waals surface area contributed by atoms with Crippen molar-refractivity contribution in [1.29, 1.82) is 0 Å². The van der Waals surface area contributed by atoms with E-state index in [9.17, 15) is 0 Å². The van der Waals surface area contributed by atoms with Crippen LogP contribution in [0, 0.1) is 0 Å². The zero-order valence-electron chi connectivity index (χ0n) is 12.4. The summed E-state index contributed by atoms with van der Waals surface area (Å²) in [6, 6.07) is 0. The van der Waals surface area contributed by atoms with E-state index in [0.717, 1.165) is 0 Å². The second kappa shape index (κ2) is 26.7. The third kappa shape index (κ3) is 25.9. The van der Waals surface area contributed by atoms with Crippen molar-refractivity contribution >= 4 is 38.7 Å². The fraction of sp³-hybridized carbons (Fsp3) is 1.00. The first-order valence-corrected chi connectivity index (χ1v) is 8.77. The zero-order chi connectivity index (χ0) is 12.6. The van der Waals surface area contributed by atoms with E-state index < -0.39 is 7.69 Å². The van der Waals surface area contributed by atoms with Gasteiger partial charge in [0.15, 0.2) is 0 Å².